The molecule has 2 N–H and O–H groups in total. The van der Waals surface area contributed by atoms with Gasteiger partial charge in [-0.3, -0.25) is 4.55 Å². The molecule has 0 saturated carbocycles. The number of fused-ring (bicyclic) bond motifs is 2. The van der Waals surface area contributed by atoms with Gasteiger partial charge in [-0.1, -0.05) is 5.16 Å². The Kier molecular flexibility index (Phi) is 4.18. The van der Waals surface area contributed by atoms with Crippen molar-refractivity contribution in [3.05, 3.63) is 17.5 Å². The molecule has 0 aliphatic carbocycles. The van der Waals surface area contributed by atoms with Crippen LogP contribution in [0, 0.1) is 5.92 Å². The SMILES string of the molecule is O=C1N2C[C@@H](CC[C@@H]2c2cc(CC3CCNC3)on2)N1OS(=O)(=O)O. The zero-order valence-corrected chi connectivity index (χ0v) is 14.3. The summed E-state index contributed by atoms with van der Waals surface area (Å²) in [6.07, 6.45) is 3.09. The van der Waals surface area contributed by atoms with E-state index in [1.807, 2.05) is 6.07 Å². The Morgan fingerprint density at radius 2 is 2.24 bits per heavy atom. The molecule has 0 radical (unpaired) electrons. The number of nitrogens with one attached hydrogen (secondary N) is 1. The lowest BCUT2D eigenvalue weighted by molar-refractivity contribution is -0.0317. The summed E-state index contributed by atoms with van der Waals surface area (Å²) in [5.74, 6) is 1.33. The van der Waals surface area contributed by atoms with Gasteiger partial charge in [-0.25, -0.2) is 4.79 Å². The quantitative estimate of drug-likeness (QED) is 0.716. The smallest absolute Gasteiger partial charge is 0.361 e. The summed E-state index contributed by atoms with van der Waals surface area (Å²) in [7, 11) is -4.73. The average molecular weight is 372 g/mol. The maximum absolute atomic E-state index is 12.4. The summed E-state index contributed by atoms with van der Waals surface area (Å²) in [6.45, 7) is 2.31. The summed E-state index contributed by atoms with van der Waals surface area (Å²) in [5, 5.41) is 8.16. The molecule has 10 nitrogen and oxygen atoms in total. The van der Waals surface area contributed by atoms with Crippen LogP contribution in [0.2, 0.25) is 0 Å². The number of nitrogens with zero attached hydrogens (tertiary/aromatic N) is 3. The van der Waals surface area contributed by atoms with Crippen LogP contribution >= 0.6 is 0 Å². The number of hydrogen-bond donors (Lipinski definition) is 2. The number of piperidine rings is 1. The van der Waals surface area contributed by atoms with Crippen molar-refractivity contribution in [3.8, 4) is 0 Å². The number of carbonyl (C=O) groups excluding carboxylic acids is 1. The van der Waals surface area contributed by atoms with Gasteiger partial charge in [0.15, 0.2) is 0 Å². The summed E-state index contributed by atoms with van der Waals surface area (Å²) < 4.78 is 40.6. The predicted molar refractivity (Wildman–Crippen MR) is 83.5 cm³/mol. The molecule has 3 saturated heterocycles. The van der Waals surface area contributed by atoms with Crippen molar-refractivity contribution >= 4 is 16.4 Å². The molecule has 2 bridgehead atoms. The zero-order valence-electron chi connectivity index (χ0n) is 13.5. The molecule has 3 atom stereocenters. The Morgan fingerprint density at radius 1 is 1.40 bits per heavy atom. The first kappa shape index (κ1) is 16.8. The third-order valence-electron chi connectivity index (χ3n) is 5.07. The number of urea groups is 1. The van der Waals surface area contributed by atoms with E-state index < -0.39 is 22.5 Å². The molecule has 1 unspecified atom stereocenters. The van der Waals surface area contributed by atoms with Crippen LogP contribution in [0.1, 0.15) is 36.8 Å². The van der Waals surface area contributed by atoms with Crippen molar-refractivity contribution in [3.63, 3.8) is 0 Å². The first-order chi connectivity index (χ1) is 11.9. The zero-order chi connectivity index (χ0) is 17.6. The van der Waals surface area contributed by atoms with Crippen LogP contribution in [0.4, 0.5) is 4.79 Å². The minimum atomic E-state index is -4.73. The number of aromatic nitrogens is 1. The molecule has 2 amide bonds. The largest absolute Gasteiger partial charge is 0.418 e. The van der Waals surface area contributed by atoms with Gasteiger partial charge in [0.1, 0.15) is 11.5 Å². The third-order valence-corrected chi connectivity index (χ3v) is 5.42. The minimum absolute atomic E-state index is 0.280. The van der Waals surface area contributed by atoms with Gasteiger partial charge in [0.25, 0.3) is 0 Å². The van der Waals surface area contributed by atoms with E-state index >= 15 is 0 Å². The molecule has 4 heterocycles. The van der Waals surface area contributed by atoms with E-state index in [9.17, 15) is 13.2 Å². The van der Waals surface area contributed by atoms with Gasteiger partial charge in [0.2, 0.25) is 0 Å². The molecule has 0 aromatic carbocycles. The summed E-state index contributed by atoms with van der Waals surface area (Å²) in [6, 6.07) is 0.609. The molecule has 11 heteroatoms. The number of hydrogen-bond acceptors (Lipinski definition) is 7. The van der Waals surface area contributed by atoms with Gasteiger partial charge in [0.05, 0.1) is 12.1 Å². The van der Waals surface area contributed by atoms with Crippen LogP contribution in [-0.4, -0.2) is 59.8 Å². The van der Waals surface area contributed by atoms with E-state index in [0.29, 0.717) is 31.0 Å². The molecule has 1 aromatic rings. The molecule has 4 rings (SSSR count). The normalized spacial score (nSPS) is 29.6. The second kappa shape index (κ2) is 6.24. The highest BCUT2D eigenvalue weighted by molar-refractivity contribution is 7.80. The van der Waals surface area contributed by atoms with Gasteiger partial charge in [-0.05, 0) is 38.3 Å². The highest BCUT2D eigenvalue weighted by Crippen LogP contribution is 2.38. The number of rotatable bonds is 5. The molecule has 0 spiro atoms. The number of hydroxylamine groups is 2. The Hall–Kier alpha value is -1.69. The fraction of sp³-hybridized carbons (Fsp3) is 0.714. The first-order valence-electron chi connectivity index (χ1n) is 8.34. The van der Waals surface area contributed by atoms with Crippen LogP contribution in [0.5, 0.6) is 0 Å². The molecular formula is C14H20N4O6S. The van der Waals surface area contributed by atoms with Crippen molar-refractivity contribution in [1.82, 2.24) is 20.4 Å². The Labute approximate surface area is 145 Å². The molecule has 138 valence electrons. The Balaban J connectivity index is 1.47. The molecule has 1 aromatic heterocycles. The first-order valence-corrected chi connectivity index (χ1v) is 9.70. The van der Waals surface area contributed by atoms with Crippen molar-refractivity contribution in [2.24, 2.45) is 5.92 Å². The molecule has 25 heavy (non-hydrogen) atoms. The van der Waals surface area contributed by atoms with Gasteiger partial charge in [-0.2, -0.15) is 13.5 Å². The van der Waals surface area contributed by atoms with E-state index in [2.05, 4.69) is 14.8 Å². The molecule has 3 fully saturated rings. The van der Waals surface area contributed by atoms with Crippen molar-refractivity contribution in [2.75, 3.05) is 19.6 Å². The lowest BCUT2D eigenvalue weighted by Gasteiger charge is -2.28. The van der Waals surface area contributed by atoms with Crippen molar-refractivity contribution < 1.29 is 26.6 Å². The highest BCUT2D eigenvalue weighted by Gasteiger charge is 2.48. The van der Waals surface area contributed by atoms with E-state index in [1.54, 1.807) is 0 Å². The molecule has 3 aliphatic rings. The van der Waals surface area contributed by atoms with Crippen molar-refractivity contribution in [1.29, 1.82) is 0 Å². The molecular weight excluding hydrogens is 352 g/mol. The standard InChI is InChI=1S/C14H20N4O6S/c19-14-17-8-10(18(14)24-25(20,21)22)1-2-13(17)12-6-11(23-16-12)5-9-3-4-15-7-9/h6,9-10,13,15H,1-5,7-8H2,(H,20,21,22)/t9?,10-,13-/m1/s1. The van der Waals surface area contributed by atoms with E-state index in [-0.39, 0.29) is 6.04 Å². The van der Waals surface area contributed by atoms with Gasteiger partial charge >= 0.3 is 16.4 Å². The second-order valence-electron chi connectivity index (χ2n) is 6.79. The van der Waals surface area contributed by atoms with Crippen molar-refractivity contribution in [2.45, 2.75) is 37.8 Å². The second-order valence-corrected chi connectivity index (χ2v) is 7.80. The van der Waals surface area contributed by atoms with Crippen LogP contribution in [0.3, 0.4) is 0 Å². The third kappa shape index (κ3) is 3.36. The van der Waals surface area contributed by atoms with Crippen LogP contribution in [-0.2, 0) is 21.1 Å². The Morgan fingerprint density at radius 3 is 2.96 bits per heavy atom. The van der Waals surface area contributed by atoms with Crippen LogP contribution in [0.15, 0.2) is 10.6 Å². The van der Waals surface area contributed by atoms with E-state index in [0.717, 1.165) is 36.8 Å². The van der Waals surface area contributed by atoms with Gasteiger partial charge in [-0.15, -0.1) is 4.28 Å². The average Bonchev–Trinajstić information content (AvgIpc) is 3.26. The van der Waals surface area contributed by atoms with Gasteiger partial charge in [0, 0.05) is 19.0 Å². The number of carbonyl (C=O) groups is 1. The molecule has 3 aliphatic heterocycles. The van der Waals surface area contributed by atoms with Crippen LogP contribution < -0.4 is 5.32 Å². The Bertz CT molecular complexity index is 759. The maximum Gasteiger partial charge on any atom is 0.418 e. The summed E-state index contributed by atoms with van der Waals surface area (Å²) in [5.41, 5.74) is 0.668. The van der Waals surface area contributed by atoms with Gasteiger partial charge < -0.3 is 14.7 Å². The van der Waals surface area contributed by atoms with E-state index in [4.69, 9.17) is 9.08 Å². The maximum atomic E-state index is 12.4. The fourth-order valence-electron chi connectivity index (χ4n) is 3.89. The lowest BCUT2D eigenvalue weighted by Crippen LogP contribution is -2.35. The number of amides is 2. The van der Waals surface area contributed by atoms with Crippen LogP contribution in [0.25, 0.3) is 0 Å². The monoisotopic (exact) mass is 372 g/mol. The summed E-state index contributed by atoms with van der Waals surface area (Å²) in [4.78, 5) is 13.9. The minimum Gasteiger partial charge on any atom is -0.361 e. The topological polar surface area (TPSA) is 125 Å². The fourth-order valence-corrected chi connectivity index (χ4v) is 4.28. The van der Waals surface area contributed by atoms with E-state index in [1.165, 1.54) is 4.90 Å². The lowest BCUT2D eigenvalue weighted by atomic mass is 9.97. The predicted octanol–water partition coefficient (Wildman–Crippen LogP) is 0.502. The summed E-state index contributed by atoms with van der Waals surface area (Å²) >= 11 is 0. The highest BCUT2D eigenvalue weighted by atomic mass is 32.3.